The number of hydrogen-bond acceptors (Lipinski definition) is 9. The molecule has 2 N–H and O–H groups in total. The number of carboxylic acid groups (broad SMARTS) is 1. The Balaban J connectivity index is 1.18. The highest BCUT2D eigenvalue weighted by molar-refractivity contribution is 9.13. The van der Waals surface area contributed by atoms with Crippen molar-refractivity contribution in [2.75, 3.05) is 16.9 Å². The SMILES string of the molecule is COc1cc(C2C3=CCC4C(=O)N(c5cccc(C(=O)O)c5)C(=O)C4C3CC3C(=O)N(c4cc(-c5sc6ccc(Cl)cc6c5C)nn4C)C(=O)C32C)c(Br)c(Br)c1O. The predicted molar refractivity (Wildman–Crippen MR) is 224 cm³/mol. The summed E-state index contributed by atoms with van der Waals surface area (Å²) >= 11 is 15.0. The molecule has 6 atom stereocenters. The van der Waals surface area contributed by atoms with Crippen LogP contribution in [0.2, 0.25) is 5.02 Å². The van der Waals surface area contributed by atoms with Crippen LogP contribution in [0.5, 0.6) is 11.5 Å². The smallest absolute Gasteiger partial charge is 0.335 e. The molecular formula is C42H33Br2ClN4O8S. The molecule has 296 valence electrons. The van der Waals surface area contributed by atoms with E-state index in [0.29, 0.717) is 20.8 Å². The molecule has 2 aliphatic heterocycles. The second kappa shape index (κ2) is 13.6. The largest absolute Gasteiger partial charge is 0.503 e. The molecule has 0 radical (unpaired) electrons. The van der Waals surface area contributed by atoms with Crippen LogP contribution in [0.15, 0.2) is 75.2 Å². The fourth-order valence-corrected chi connectivity index (χ4v) is 12.1. The molecule has 4 aliphatic rings. The van der Waals surface area contributed by atoms with Crippen LogP contribution in [-0.4, -0.2) is 56.7 Å². The molecule has 9 rings (SSSR count). The average Bonchev–Trinajstić information content (AvgIpc) is 3.87. The number of imide groups is 2. The Kier molecular flexibility index (Phi) is 9.08. The lowest BCUT2D eigenvalue weighted by Crippen LogP contribution is -2.49. The number of aromatic carboxylic acids is 1. The number of aryl methyl sites for hydroxylation is 2. The Bertz CT molecular complexity index is 2750. The predicted octanol–water partition coefficient (Wildman–Crippen LogP) is 8.64. The van der Waals surface area contributed by atoms with Crippen LogP contribution in [0.3, 0.4) is 0 Å². The van der Waals surface area contributed by atoms with Gasteiger partial charge in [0.2, 0.25) is 23.6 Å². The van der Waals surface area contributed by atoms with E-state index in [1.165, 1.54) is 52.3 Å². The van der Waals surface area contributed by atoms with E-state index in [0.717, 1.165) is 31.0 Å². The highest BCUT2D eigenvalue weighted by Crippen LogP contribution is 2.65. The lowest BCUT2D eigenvalue weighted by Gasteiger charge is -2.49. The second-order valence-corrected chi connectivity index (χ2v) is 18.5. The highest BCUT2D eigenvalue weighted by Gasteiger charge is 2.68. The van der Waals surface area contributed by atoms with Gasteiger partial charge in [-0.3, -0.25) is 28.8 Å². The number of carboxylic acids is 1. The molecule has 16 heteroatoms. The summed E-state index contributed by atoms with van der Waals surface area (Å²) in [4.78, 5) is 74.0. The lowest BCUT2D eigenvalue weighted by atomic mass is 9.51. The van der Waals surface area contributed by atoms with E-state index < -0.39 is 64.6 Å². The third-order valence-electron chi connectivity index (χ3n) is 12.5. The van der Waals surface area contributed by atoms with Crippen LogP contribution in [0.4, 0.5) is 11.5 Å². The molecule has 4 heterocycles. The number of phenolic OH excluding ortho intramolecular Hbond substituents is 1. The van der Waals surface area contributed by atoms with E-state index >= 15 is 9.59 Å². The van der Waals surface area contributed by atoms with Crippen molar-refractivity contribution in [3.8, 4) is 22.1 Å². The highest BCUT2D eigenvalue weighted by atomic mass is 79.9. The number of anilines is 2. The standard InChI is InChI=1S/C42H33Br2ClN4O8S/c1-17-23-13-19(45)8-11-29(23)58-36(17)27-16-30(47(3)46-27)49-38(52)26-14-24-21(32(42(26,2)41(49)56)25-15-28(57-4)35(50)34(44)33(25)43)9-10-22-31(24)39(53)48(37(22)51)20-7-5-6-18(12-20)40(54)55/h5-9,11-13,15-16,22,24,26,31-32,50H,10,14H2,1-4H3,(H,54,55). The number of ether oxygens (including phenoxy) is 1. The molecule has 2 aromatic heterocycles. The Morgan fingerprint density at radius 1 is 1.00 bits per heavy atom. The number of hydrogen-bond donors (Lipinski definition) is 2. The van der Waals surface area contributed by atoms with Gasteiger partial charge in [0, 0.05) is 33.2 Å². The summed E-state index contributed by atoms with van der Waals surface area (Å²) in [5, 5.41) is 27.0. The quantitative estimate of drug-likeness (QED) is 0.126. The number of rotatable bonds is 6. The summed E-state index contributed by atoms with van der Waals surface area (Å²) < 4.78 is 8.82. The zero-order valence-corrected chi connectivity index (χ0v) is 36.0. The normalized spacial score (nSPS) is 25.3. The van der Waals surface area contributed by atoms with Crippen LogP contribution in [0.25, 0.3) is 20.7 Å². The van der Waals surface area contributed by atoms with Gasteiger partial charge in [0.25, 0.3) is 0 Å². The Hall–Kier alpha value is -4.83. The third kappa shape index (κ3) is 5.35. The molecule has 0 bridgehead atoms. The van der Waals surface area contributed by atoms with Crippen molar-refractivity contribution in [1.29, 1.82) is 0 Å². The molecule has 2 aliphatic carbocycles. The minimum absolute atomic E-state index is 0.0719. The Morgan fingerprint density at radius 2 is 1.76 bits per heavy atom. The molecule has 12 nitrogen and oxygen atoms in total. The summed E-state index contributed by atoms with van der Waals surface area (Å²) in [7, 11) is 3.09. The molecule has 3 aromatic carbocycles. The Labute approximate surface area is 357 Å². The first-order chi connectivity index (χ1) is 27.6. The van der Waals surface area contributed by atoms with Gasteiger partial charge < -0.3 is 14.9 Å². The lowest BCUT2D eigenvalue weighted by molar-refractivity contribution is -0.131. The van der Waals surface area contributed by atoms with E-state index in [9.17, 15) is 24.6 Å². The number of amides is 4. The van der Waals surface area contributed by atoms with E-state index in [-0.39, 0.29) is 45.9 Å². The van der Waals surface area contributed by atoms with Gasteiger partial charge in [-0.05, 0) is 123 Å². The molecule has 4 amide bonds. The number of methoxy groups -OCH3 is 1. The van der Waals surface area contributed by atoms with Crippen LogP contribution >= 0.6 is 54.8 Å². The fourth-order valence-electron chi connectivity index (χ4n) is 9.80. The van der Waals surface area contributed by atoms with Gasteiger partial charge in [0.05, 0.1) is 50.9 Å². The number of thiophene rings is 1. The summed E-state index contributed by atoms with van der Waals surface area (Å²) in [5.41, 5.74) is 1.48. The van der Waals surface area contributed by atoms with Crippen molar-refractivity contribution in [3.05, 3.63) is 96.9 Å². The summed E-state index contributed by atoms with van der Waals surface area (Å²) in [6.07, 6.45) is 2.19. The number of allylic oxidation sites excluding steroid dienone is 2. The average molecular weight is 949 g/mol. The molecule has 2 saturated heterocycles. The maximum Gasteiger partial charge on any atom is 0.335 e. The first kappa shape index (κ1) is 38.7. The number of carbonyl (C=O) groups is 5. The number of phenols is 1. The number of aromatic nitrogens is 2. The van der Waals surface area contributed by atoms with E-state index in [1.807, 2.05) is 31.2 Å². The maximum absolute atomic E-state index is 15.3. The molecular weight excluding hydrogens is 916 g/mol. The summed E-state index contributed by atoms with van der Waals surface area (Å²) in [6, 6.07) is 14.8. The zero-order valence-electron chi connectivity index (χ0n) is 31.2. The molecule has 3 fully saturated rings. The number of nitrogens with zero attached hydrogens (tertiary/aromatic N) is 4. The van der Waals surface area contributed by atoms with Gasteiger partial charge in [0.15, 0.2) is 11.5 Å². The molecule has 1 saturated carbocycles. The zero-order chi connectivity index (χ0) is 41.3. The number of fused-ring (bicyclic) bond motifs is 5. The molecule has 0 spiro atoms. The number of carbonyl (C=O) groups excluding carboxylic acids is 4. The Morgan fingerprint density at radius 3 is 2.48 bits per heavy atom. The fraction of sp³-hybridized carbons (Fsp3) is 0.286. The minimum Gasteiger partial charge on any atom is -0.503 e. The van der Waals surface area contributed by atoms with Crippen molar-refractivity contribution >= 4 is 106 Å². The first-order valence-electron chi connectivity index (χ1n) is 18.4. The monoisotopic (exact) mass is 946 g/mol. The second-order valence-electron chi connectivity index (χ2n) is 15.4. The van der Waals surface area contributed by atoms with Crippen LogP contribution in [0, 0.1) is 36.0 Å². The van der Waals surface area contributed by atoms with Crippen molar-refractivity contribution in [2.24, 2.45) is 36.1 Å². The van der Waals surface area contributed by atoms with Crippen LogP contribution in [0.1, 0.15) is 47.2 Å². The van der Waals surface area contributed by atoms with Crippen molar-refractivity contribution in [1.82, 2.24) is 9.78 Å². The number of halogens is 3. The maximum atomic E-state index is 15.3. The first-order valence-corrected chi connectivity index (χ1v) is 21.1. The van der Waals surface area contributed by atoms with Gasteiger partial charge in [0.1, 0.15) is 11.5 Å². The van der Waals surface area contributed by atoms with Gasteiger partial charge in [-0.25, -0.2) is 9.69 Å². The van der Waals surface area contributed by atoms with Gasteiger partial charge in [-0.1, -0.05) is 29.3 Å². The van der Waals surface area contributed by atoms with Crippen molar-refractivity contribution in [3.63, 3.8) is 0 Å². The molecule has 6 unspecified atom stereocenters. The van der Waals surface area contributed by atoms with Gasteiger partial charge in [-0.15, -0.1) is 11.3 Å². The van der Waals surface area contributed by atoms with Gasteiger partial charge >= 0.3 is 5.97 Å². The van der Waals surface area contributed by atoms with Crippen LogP contribution in [-0.2, 0) is 26.2 Å². The third-order valence-corrected chi connectivity index (χ3v) is 16.2. The van der Waals surface area contributed by atoms with Crippen LogP contribution < -0.4 is 14.5 Å². The number of aromatic hydroxyl groups is 1. The van der Waals surface area contributed by atoms with E-state index in [1.54, 1.807) is 26.1 Å². The summed E-state index contributed by atoms with van der Waals surface area (Å²) in [5.74, 6) is -6.91. The van der Waals surface area contributed by atoms with E-state index in [2.05, 4.69) is 31.9 Å². The molecule has 5 aromatic rings. The summed E-state index contributed by atoms with van der Waals surface area (Å²) in [6.45, 7) is 3.75. The number of benzene rings is 3. The minimum atomic E-state index is -1.41. The topological polar surface area (TPSA) is 159 Å². The van der Waals surface area contributed by atoms with E-state index in [4.69, 9.17) is 21.4 Å². The van der Waals surface area contributed by atoms with Crippen molar-refractivity contribution < 1.29 is 38.9 Å². The van der Waals surface area contributed by atoms with Crippen molar-refractivity contribution in [2.45, 2.75) is 32.6 Å². The van der Waals surface area contributed by atoms with Gasteiger partial charge in [-0.2, -0.15) is 5.10 Å². The molecule has 58 heavy (non-hydrogen) atoms.